The van der Waals surface area contributed by atoms with Crippen molar-refractivity contribution >= 4 is 0 Å². The van der Waals surface area contributed by atoms with Crippen LogP contribution in [0.5, 0.6) is 0 Å². The highest BCUT2D eigenvalue weighted by molar-refractivity contribution is 5.52. The van der Waals surface area contributed by atoms with Crippen molar-refractivity contribution < 1.29 is 4.52 Å². The SMILES string of the molecule is c1ccc(-n2ncc(-c3nc(-c4cnccn4)no3)n2)cc1. The molecule has 3 aromatic heterocycles. The standard InChI is InChI=1S/C14H9N7O/c1-2-4-10(5-3-1)21-17-9-12(19-21)14-18-13(20-22-14)11-8-15-6-7-16-11/h1-9H. The molecule has 0 atom stereocenters. The molecule has 0 unspecified atom stereocenters. The van der Waals surface area contributed by atoms with Crippen LogP contribution in [0.25, 0.3) is 28.8 Å². The zero-order valence-corrected chi connectivity index (χ0v) is 11.2. The van der Waals surface area contributed by atoms with E-state index in [2.05, 4.69) is 30.3 Å². The Kier molecular flexibility index (Phi) is 2.90. The highest BCUT2D eigenvalue weighted by Crippen LogP contribution is 2.18. The number of rotatable bonds is 3. The molecule has 4 rings (SSSR count). The van der Waals surface area contributed by atoms with Gasteiger partial charge < -0.3 is 4.52 Å². The Bertz CT molecular complexity index is 810. The van der Waals surface area contributed by atoms with Crippen molar-refractivity contribution in [1.82, 2.24) is 35.1 Å². The second kappa shape index (κ2) is 5.17. The van der Waals surface area contributed by atoms with E-state index in [4.69, 9.17) is 4.52 Å². The van der Waals surface area contributed by atoms with Crippen LogP contribution in [0.4, 0.5) is 0 Å². The zero-order valence-electron chi connectivity index (χ0n) is 11.2. The van der Waals surface area contributed by atoms with E-state index in [1.165, 1.54) is 4.80 Å². The van der Waals surface area contributed by atoms with Gasteiger partial charge in [-0.1, -0.05) is 23.4 Å². The maximum atomic E-state index is 5.21. The molecule has 106 valence electrons. The van der Waals surface area contributed by atoms with Crippen molar-refractivity contribution in [3.63, 3.8) is 0 Å². The third kappa shape index (κ3) is 2.22. The van der Waals surface area contributed by atoms with Gasteiger partial charge in [0.25, 0.3) is 5.89 Å². The van der Waals surface area contributed by atoms with Crippen LogP contribution in [0.15, 0.2) is 59.6 Å². The molecule has 4 aromatic rings. The number of hydrogen-bond donors (Lipinski definition) is 0. The van der Waals surface area contributed by atoms with Gasteiger partial charge in [-0.05, 0) is 12.1 Å². The van der Waals surface area contributed by atoms with E-state index in [0.29, 0.717) is 17.2 Å². The molecule has 0 aliphatic rings. The molecule has 8 heteroatoms. The van der Waals surface area contributed by atoms with Gasteiger partial charge >= 0.3 is 0 Å². The van der Waals surface area contributed by atoms with Crippen LogP contribution in [0.1, 0.15) is 0 Å². The van der Waals surface area contributed by atoms with Gasteiger partial charge in [-0.25, -0.2) is 4.98 Å². The lowest BCUT2D eigenvalue weighted by Crippen LogP contribution is -1.97. The summed E-state index contributed by atoms with van der Waals surface area (Å²) in [7, 11) is 0. The quantitative estimate of drug-likeness (QED) is 0.567. The van der Waals surface area contributed by atoms with Crippen LogP contribution in [0.3, 0.4) is 0 Å². The smallest absolute Gasteiger partial charge is 0.280 e. The van der Waals surface area contributed by atoms with E-state index in [0.717, 1.165) is 5.69 Å². The van der Waals surface area contributed by atoms with Crippen molar-refractivity contribution in [2.45, 2.75) is 0 Å². The van der Waals surface area contributed by atoms with E-state index in [-0.39, 0.29) is 5.89 Å². The molecule has 0 fully saturated rings. The molecular formula is C14H9N7O. The Balaban J connectivity index is 1.66. The third-order valence-corrected chi connectivity index (χ3v) is 2.92. The van der Waals surface area contributed by atoms with Gasteiger partial charge in [-0.15, -0.1) is 5.10 Å². The summed E-state index contributed by atoms with van der Waals surface area (Å²) in [6, 6.07) is 9.57. The molecule has 22 heavy (non-hydrogen) atoms. The van der Waals surface area contributed by atoms with Crippen LogP contribution in [0.2, 0.25) is 0 Å². The van der Waals surface area contributed by atoms with Gasteiger partial charge in [0, 0.05) is 12.4 Å². The minimum atomic E-state index is 0.280. The normalized spacial score (nSPS) is 10.7. The summed E-state index contributed by atoms with van der Waals surface area (Å²) in [5.41, 5.74) is 1.88. The summed E-state index contributed by atoms with van der Waals surface area (Å²) >= 11 is 0. The van der Waals surface area contributed by atoms with E-state index < -0.39 is 0 Å². The second-order valence-electron chi connectivity index (χ2n) is 4.37. The van der Waals surface area contributed by atoms with E-state index >= 15 is 0 Å². The molecule has 0 amide bonds. The van der Waals surface area contributed by atoms with Crippen molar-refractivity contribution in [2.75, 3.05) is 0 Å². The summed E-state index contributed by atoms with van der Waals surface area (Å²) in [4.78, 5) is 13.9. The molecule has 0 radical (unpaired) electrons. The van der Waals surface area contributed by atoms with Crippen molar-refractivity contribution in [3.05, 3.63) is 55.1 Å². The van der Waals surface area contributed by atoms with Crippen molar-refractivity contribution in [3.8, 4) is 28.8 Å². The first-order valence-corrected chi connectivity index (χ1v) is 6.48. The zero-order chi connectivity index (χ0) is 14.8. The van der Waals surface area contributed by atoms with Gasteiger partial charge in [0.15, 0.2) is 5.69 Å². The molecular weight excluding hydrogens is 282 g/mol. The third-order valence-electron chi connectivity index (χ3n) is 2.92. The monoisotopic (exact) mass is 291 g/mol. The minimum Gasteiger partial charge on any atom is -0.332 e. The highest BCUT2D eigenvalue weighted by Gasteiger charge is 2.15. The molecule has 3 heterocycles. The maximum Gasteiger partial charge on any atom is 0.280 e. The average molecular weight is 291 g/mol. The summed E-state index contributed by atoms with van der Waals surface area (Å²) in [5.74, 6) is 0.639. The number of benzene rings is 1. The largest absolute Gasteiger partial charge is 0.332 e. The Morgan fingerprint density at radius 3 is 2.68 bits per heavy atom. The maximum absolute atomic E-state index is 5.21. The molecule has 0 spiro atoms. The Labute approximate surface area is 124 Å². The molecule has 0 saturated carbocycles. The molecule has 0 bridgehead atoms. The lowest BCUT2D eigenvalue weighted by molar-refractivity contribution is 0.430. The number of para-hydroxylation sites is 1. The first-order chi connectivity index (χ1) is 10.9. The van der Waals surface area contributed by atoms with E-state index in [1.54, 1.807) is 24.8 Å². The van der Waals surface area contributed by atoms with Gasteiger partial charge in [-0.3, -0.25) is 4.98 Å². The first kappa shape index (κ1) is 12.3. The number of nitrogens with zero attached hydrogens (tertiary/aromatic N) is 7. The van der Waals surface area contributed by atoms with Gasteiger partial charge in [0.05, 0.1) is 18.1 Å². The Morgan fingerprint density at radius 1 is 0.955 bits per heavy atom. The second-order valence-corrected chi connectivity index (χ2v) is 4.37. The van der Waals surface area contributed by atoms with Gasteiger partial charge in [-0.2, -0.15) is 14.9 Å². The predicted octanol–water partition coefficient (Wildman–Crippen LogP) is 1.77. The molecule has 0 aliphatic heterocycles. The van der Waals surface area contributed by atoms with Crippen LogP contribution < -0.4 is 0 Å². The fourth-order valence-electron chi connectivity index (χ4n) is 1.89. The minimum absolute atomic E-state index is 0.280. The average Bonchev–Trinajstić information content (AvgIpc) is 3.26. The summed E-state index contributed by atoms with van der Waals surface area (Å²) < 4.78 is 5.21. The number of aromatic nitrogens is 7. The van der Waals surface area contributed by atoms with Crippen LogP contribution in [0, 0.1) is 0 Å². The van der Waals surface area contributed by atoms with E-state index in [9.17, 15) is 0 Å². The van der Waals surface area contributed by atoms with Gasteiger partial charge in [0.1, 0.15) is 5.69 Å². The topological polar surface area (TPSA) is 95.4 Å². The highest BCUT2D eigenvalue weighted by atomic mass is 16.5. The lowest BCUT2D eigenvalue weighted by atomic mass is 10.3. The molecule has 0 saturated heterocycles. The fraction of sp³-hybridized carbons (Fsp3) is 0. The Hall–Kier alpha value is -3.42. The molecule has 0 N–H and O–H groups in total. The lowest BCUT2D eigenvalue weighted by Gasteiger charge is -1.96. The molecule has 1 aromatic carbocycles. The molecule has 8 nitrogen and oxygen atoms in total. The van der Waals surface area contributed by atoms with Crippen LogP contribution >= 0.6 is 0 Å². The Morgan fingerprint density at radius 2 is 1.86 bits per heavy atom. The van der Waals surface area contributed by atoms with Crippen molar-refractivity contribution in [2.24, 2.45) is 0 Å². The van der Waals surface area contributed by atoms with Crippen LogP contribution in [-0.4, -0.2) is 35.1 Å². The van der Waals surface area contributed by atoms with Crippen molar-refractivity contribution in [1.29, 1.82) is 0 Å². The summed E-state index contributed by atoms with van der Waals surface area (Å²) in [5, 5.41) is 12.4. The number of hydrogen-bond acceptors (Lipinski definition) is 7. The molecule has 0 aliphatic carbocycles. The van der Waals surface area contributed by atoms with Crippen LogP contribution in [-0.2, 0) is 0 Å². The summed E-state index contributed by atoms with van der Waals surface area (Å²) in [6.45, 7) is 0. The fourth-order valence-corrected chi connectivity index (χ4v) is 1.89. The predicted molar refractivity (Wildman–Crippen MR) is 75.7 cm³/mol. The van der Waals surface area contributed by atoms with Gasteiger partial charge in [0.2, 0.25) is 5.82 Å². The summed E-state index contributed by atoms with van der Waals surface area (Å²) in [6.07, 6.45) is 6.28. The first-order valence-electron chi connectivity index (χ1n) is 6.48. The van der Waals surface area contributed by atoms with E-state index in [1.807, 2.05) is 30.3 Å².